The van der Waals surface area contributed by atoms with E-state index < -0.39 is 6.55 Å². The smallest absolute Gasteiger partial charge is 0.333 e. The van der Waals surface area contributed by atoms with Crippen LogP contribution in [0.25, 0.3) is 0 Å². The number of hydrogen-bond donors (Lipinski definition) is 1. The zero-order chi connectivity index (χ0) is 14.0. The third kappa shape index (κ3) is 2.91. The highest BCUT2D eigenvalue weighted by atomic mass is 19.3. The molecule has 0 spiro atoms. The van der Waals surface area contributed by atoms with Crippen molar-refractivity contribution < 1.29 is 8.78 Å². The largest absolute Gasteiger partial charge is 0.364 e. The highest BCUT2D eigenvalue weighted by Crippen LogP contribution is 2.15. The van der Waals surface area contributed by atoms with Crippen LogP contribution in [0.15, 0.2) is 18.5 Å². The lowest BCUT2D eigenvalue weighted by Crippen LogP contribution is -2.07. The van der Waals surface area contributed by atoms with Crippen molar-refractivity contribution in [3.05, 3.63) is 29.7 Å². The predicted octanol–water partition coefficient (Wildman–Crippen LogP) is 2.98. The lowest BCUT2D eigenvalue weighted by molar-refractivity contribution is 0.0569. The summed E-state index contributed by atoms with van der Waals surface area (Å²) in [5.74, 6) is 0.428. The van der Waals surface area contributed by atoms with Crippen molar-refractivity contribution in [2.24, 2.45) is 0 Å². The van der Waals surface area contributed by atoms with Crippen LogP contribution in [-0.4, -0.2) is 19.6 Å². The maximum Gasteiger partial charge on any atom is 0.333 e. The van der Waals surface area contributed by atoms with Gasteiger partial charge in [-0.2, -0.15) is 19.0 Å². The number of alkyl halides is 2. The lowest BCUT2D eigenvalue weighted by atomic mass is 10.2. The number of nitrogens with zero attached hydrogens (tertiary/aromatic N) is 4. The van der Waals surface area contributed by atoms with E-state index in [1.54, 1.807) is 6.20 Å². The molecular formula is C12H17F2N5. The molecule has 0 aromatic carbocycles. The maximum absolute atomic E-state index is 12.4. The van der Waals surface area contributed by atoms with E-state index in [1.165, 1.54) is 12.3 Å². The normalized spacial score (nSPS) is 11.5. The van der Waals surface area contributed by atoms with Gasteiger partial charge in [0.15, 0.2) is 0 Å². The third-order valence-corrected chi connectivity index (χ3v) is 2.90. The molecule has 7 heteroatoms. The highest BCUT2D eigenvalue weighted by Gasteiger charge is 2.10. The van der Waals surface area contributed by atoms with Gasteiger partial charge in [-0.15, -0.1) is 0 Å². The van der Waals surface area contributed by atoms with Gasteiger partial charge in [0.2, 0.25) is 0 Å². The monoisotopic (exact) mass is 269 g/mol. The number of rotatable bonds is 5. The Kier molecular flexibility index (Phi) is 3.82. The quantitative estimate of drug-likeness (QED) is 0.907. The first kappa shape index (κ1) is 13.5. The molecule has 0 radical (unpaired) electrons. The summed E-state index contributed by atoms with van der Waals surface area (Å²) >= 11 is 0. The molecule has 19 heavy (non-hydrogen) atoms. The summed E-state index contributed by atoms with van der Waals surface area (Å²) in [5, 5.41) is 11.0. The summed E-state index contributed by atoms with van der Waals surface area (Å²) in [7, 11) is 0. The Labute approximate surface area is 110 Å². The Morgan fingerprint density at radius 1 is 1.37 bits per heavy atom. The third-order valence-electron chi connectivity index (χ3n) is 2.90. The summed E-state index contributed by atoms with van der Waals surface area (Å²) in [6.07, 6.45) is 3.03. The second-order valence-electron chi connectivity index (χ2n) is 4.61. The van der Waals surface area contributed by atoms with E-state index in [0.29, 0.717) is 23.1 Å². The fourth-order valence-corrected chi connectivity index (χ4v) is 1.88. The van der Waals surface area contributed by atoms with E-state index in [9.17, 15) is 8.78 Å². The number of hydrogen-bond acceptors (Lipinski definition) is 3. The average molecular weight is 269 g/mol. The molecule has 2 heterocycles. The van der Waals surface area contributed by atoms with Gasteiger partial charge in [0.1, 0.15) is 5.82 Å². The average Bonchev–Trinajstić information content (AvgIpc) is 2.93. The molecule has 1 N–H and O–H groups in total. The van der Waals surface area contributed by atoms with E-state index >= 15 is 0 Å². The fraction of sp³-hybridized carbons (Fsp3) is 0.500. The SMILES string of the molecule is Cc1c(CNc2ccn(C(F)F)n2)cnn1C(C)C. The predicted molar refractivity (Wildman–Crippen MR) is 68.2 cm³/mol. The molecule has 0 atom stereocenters. The van der Waals surface area contributed by atoms with Crippen molar-refractivity contribution in [2.75, 3.05) is 5.32 Å². The van der Waals surface area contributed by atoms with Crippen LogP contribution in [-0.2, 0) is 6.54 Å². The van der Waals surface area contributed by atoms with Crippen LogP contribution in [0, 0.1) is 6.92 Å². The second kappa shape index (κ2) is 5.38. The summed E-state index contributed by atoms with van der Waals surface area (Å²) in [4.78, 5) is 0. The first-order valence-electron chi connectivity index (χ1n) is 6.09. The van der Waals surface area contributed by atoms with Crippen molar-refractivity contribution in [3.63, 3.8) is 0 Å². The Morgan fingerprint density at radius 3 is 2.63 bits per heavy atom. The lowest BCUT2D eigenvalue weighted by Gasteiger charge is -2.09. The minimum absolute atomic E-state index is 0.298. The molecule has 0 saturated heterocycles. The molecule has 0 unspecified atom stereocenters. The topological polar surface area (TPSA) is 47.7 Å². The zero-order valence-corrected chi connectivity index (χ0v) is 11.1. The molecule has 0 aliphatic heterocycles. The summed E-state index contributed by atoms with van der Waals surface area (Å²) in [6, 6.07) is 1.82. The molecule has 0 aliphatic carbocycles. The number of aromatic nitrogens is 4. The highest BCUT2D eigenvalue weighted by molar-refractivity contribution is 5.34. The van der Waals surface area contributed by atoms with Crippen molar-refractivity contribution in [1.82, 2.24) is 19.6 Å². The molecule has 5 nitrogen and oxygen atoms in total. The fourth-order valence-electron chi connectivity index (χ4n) is 1.88. The van der Waals surface area contributed by atoms with Crippen LogP contribution in [0.2, 0.25) is 0 Å². The maximum atomic E-state index is 12.4. The van der Waals surface area contributed by atoms with Gasteiger partial charge in [-0.1, -0.05) is 0 Å². The standard InChI is InChI=1S/C12H17F2N5/c1-8(2)19-9(3)10(7-16-19)6-15-11-4-5-18(17-11)12(13)14/h4-5,7-8,12H,6H2,1-3H3,(H,15,17). The molecule has 0 aliphatic rings. The van der Waals surface area contributed by atoms with Crippen LogP contribution >= 0.6 is 0 Å². The van der Waals surface area contributed by atoms with Gasteiger partial charge >= 0.3 is 6.55 Å². The van der Waals surface area contributed by atoms with Crippen LogP contribution in [0.1, 0.15) is 37.7 Å². The summed E-state index contributed by atoms with van der Waals surface area (Å²) in [6.45, 7) is 4.00. The number of halogens is 2. The van der Waals surface area contributed by atoms with Crippen LogP contribution in [0.3, 0.4) is 0 Å². The molecule has 104 valence electrons. The van der Waals surface area contributed by atoms with Gasteiger partial charge in [-0.05, 0) is 20.8 Å². The minimum atomic E-state index is -2.61. The zero-order valence-electron chi connectivity index (χ0n) is 11.1. The van der Waals surface area contributed by atoms with Crippen molar-refractivity contribution in [2.45, 2.75) is 39.9 Å². The minimum Gasteiger partial charge on any atom is -0.364 e. The van der Waals surface area contributed by atoms with Gasteiger partial charge in [0, 0.05) is 36.1 Å². The van der Waals surface area contributed by atoms with Crippen LogP contribution in [0.4, 0.5) is 14.6 Å². The molecule has 2 rings (SSSR count). The van der Waals surface area contributed by atoms with Crippen molar-refractivity contribution in [3.8, 4) is 0 Å². The van der Waals surface area contributed by atoms with E-state index in [2.05, 4.69) is 29.4 Å². The molecule has 0 amide bonds. The molecule has 2 aromatic heterocycles. The first-order chi connectivity index (χ1) is 8.99. The van der Waals surface area contributed by atoms with Crippen LogP contribution in [0.5, 0.6) is 0 Å². The Bertz CT molecular complexity index is 544. The first-order valence-corrected chi connectivity index (χ1v) is 6.09. The Hall–Kier alpha value is -1.92. The Morgan fingerprint density at radius 2 is 2.11 bits per heavy atom. The van der Waals surface area contributed by atoms with E-state index in [-0.39, 0.29) is 0 Å². The Balaban J connectivity index is 2.02. The van der Waals surface area contributed by atoms with E-state index in [4.69, 9.17) is 0 Å². The molecule has 0 bridgehead atoms. The van der Waals surface area contributed by atoms with Gasteiger partial charge < -0.3 is 5.32 Å². The molecule has 0 fully saturated rings. The summed E-state index contributed by atoms with van der Waals surface area (Å²) < 4.78 is 27.3. The second-order valence-corrected chi connectivity index (χ2v) is 4.61. The van der Waals surface area contributed by atoms with Crippen molar-refractivity contribution >= 4 is 5.82 Å². The van der Waals surface area contributed by atoms with Crippen molar-refractivity contribution in [1.29, 1.82) is 0 Å². The molecule has 0 saturated carbocycles. The summed E-state index contributed by atoms with van der Waals surface area (Å²) in [5.41, 5.74) is 2.09. The van der Waals surface area contributed by atoms with Gasteiger partial charge in [-0.25, -0.2) is 4.68 Å². The van der Waals surface area contributed by atoms with Gasteiger partial charge in [0.05, 0.1) is 6.20 Å². The number of nitrogens with one attached hydrogen (secondary N) is 1. The van der Waals surface area contributed by atoms with Gasteiger partial charge in [0.25, 0.3) is 0 Å². The van der Waals surface area contributed by atoms with E-state index in [0.717, 1.165) is 11.3 Å². The van der Waals surface area contributed by atoms with Crippen LogP contribution < -0.4 is 5.32 Å². The number of anilines is 1. The van der Waals surface area contributed by atoms with E-state index in [1.807, 2.05) is 11.6 Å². The van der Waals surface area contributed by atoms with Gasteiger partial charge in [-0.3, -0.25) is 4.68 Å². The molecule has 2 aromatic rings. The molecular weight excluding hydrogens is 252 g/mol.